The van der Waals surface area contributed by atoms with Crippen LogP contribution in [0.15, 0.2) is 41.8 Å². The first-order chi connectivity index (χ1) is 11.1. The predicted octanol–water partition coefficient (Wildman–Crippen LogP) is 2.12. The lowest BCUT2D eigenvalue weighted by molar-refractivity contribution is -0.126. The molecule has 5 nitrogen and oxygen atoms in total. The van der Waals surface area contributed by atoms with Gasteiger partial charge in [0.25, 0.3) is 0 Å². The van der Waals surface area contributed by atoms with Crippen molar-refractivity contribution in [1.82, 2.24) is 15.5 Å². The van der Waals surface area contributed by atoms with Crippen LogP contribution in [0.3, 0.4) is 0 Å². The molecule has 1 aliphatic heterocycles. The Morgan fingerprint density at radius 1 is 1.35 bits per heavy atom. The van der Waals surface area contributed by atoms with Crippen LogP contribution in [0.1, 0.15) is 16.5 Å². The summed E-state index contributed by atoms with van der Waals surface area (Å²) < 4.78 is 13.1. The van der Waals surface area contributed by atoms with E-state index in [4.69, 9.17) is 0 Å². The van der Waals surface area contributed by atoms with Crippen molar-refractivity contribution in [2.45, 2.75) is 6.04 Å². The second-order valence-electron chi connectivity index (χ2n) is 5.16. The molecule has 1 fully saturated rings. The van der Waals surface area contributed by atoms with Gasteiger partial charge in [-0.1, -0.05) is 18.2 Å². The summed E-state index contributed by atoms with van der Waals surface area (Å²) in [7, 11) is 0. The lowest BCUT2D eigenvalue weighted by atomic mass is 10.1. The van der Waals surface area contributed by atoms with Crippen molar-refractivity contribution in [1.29, 1.82) is 0 Å². The van der Waals surface area contributed by atoms with Gasteiger partial charge in [0.15, 0.2) is 0 Å². The van der Waals surface area contributed by atoms with Crippen LogP contribution < -0.4 is 10.6 Å². The second-order valence-corrected chi connectivity index (χ2v) is 6.14. The molecule has 3 amide bonds. The molecule has 23 heavy (non-hydrogen) atoms. The molecule has 1 aliphatic rings. The van der Waals surface area contributed by atoms with Gasteiger partial charge in [0, 0.05) is 18.0 Å². The summed E-state index contributed by atoms with van der Waals surface area (Å²) in [4.78, 5) is 25.9. The molecule has 0 aliphatic carbocycles. The van der Waals surface area contributed by atoms with Crippen molar-refractivity contribution in [3.8, 4) is 0 Å². The highest BCUT2D eigenvalue weighted by molar-refractivity contribution is 7.10. The molecular formula is C16H16FN3O2S. The zero-order chi connectivity index (χ0) is 16.2. The van der Waals surface area contributed by atoms with E-state index in [1.54, 1.807) is 23.5 Å². The Morgan fingerprint density at radius 3 is 2.74 bits per heavy atom. The fourth-order valence-electron chi connectivity index (χ4n) is 2.49. The number of hydrogen-bond donors (Lipinski definition) is 2. The third-order valence-electron chi connectivity index (χ3n) is 3.65. The largest absolute Gasteiger partial charge is 0.336 e. The fraction of sp³-hybridized carbons (Fsp3) is 0.250. The van der Waals surface area contributed by atoms with Crippen LogP contribution in [0, 0.1) is 5.82 Å². The number of nitrogens with zero attached hydrogens (tertiary/aromatic N) is 1. The number of carbonyl (C=O) groups excluding carboxylic acids is 2. The molecular weight excluding hydrogens is 317 g/mol. The highest BCUT2D eigenvalue weighted by Gasteiger charge is 2.26. The lowest BCUT2D eigenvalue weighted by Crippen LogP contribution is -2.41. The summed E-state index contributed by atoms with van der Waals surface area (Å²) in [5, 5.41) is 7.72. The summed E-state index contributed by atoms with van der Waals surface area (Å²) in [6, 6.07) is 9.49. The summed E-state index contributed by atoms with van der Waals surface area (Å²) in [6.45, 7) is 0.907. The van der Waals surface area contributed by atoms with E-state index in [-0.39, 0.29) is 30.3 Å². The molecule has 120 valence electrons. The number of thiophene rings is 1. The van der Waals surface area contributed by atoms with Crippen LogP contribution in [-0.2, 0) is 4.79 Å². The molecule has 7 heteroatoms. The van der Waals surface area contributed by atoms with Gasteiger partial charge >= 0.3 is 6.03 Å². The molecule has 2 aromatic rings. The van der Waals surface area contributed by atoms with Gasteiger partial charge in [0.05, 0.1) is 12.6 Å². The maximum Gasteiger partial charge on any atom is 0.324 e. The molecule has 0 unspecified atom stereocenters. The molecule has 2 heterocycles. The number of rotatable bonds is 5. The normalized spacial score (nSPS) is 15.5. The standard InChI is InChI=1S/C16H16FN3O2S/c17-12-5-3-11(4-6-12)15(13-2-1-9-23-13)19-10-14(21)20-8-7-18-16(20)22/h1-6,9,15,19H,7-8,10H2,(H,18,22)/t15-/m0/s1. The number of amides is 3. The van der Waals surface area contributed by atoms with E-state index < -0.39 is 0 Å². The van der Waals surface area contributed by atoms with Crippen molar-refractivity contribution in [3.63, 3.8) is 0 Å². The Labute approximate surface area is 137 Å². The highest BCUT2D eigenvalue weighted by atomic mass is 32.1. The number of benzene rings is 1. The average Bonchev–Trinajstić information content (AvgIpc) is 3.20. The number of hydrogen-bond acceptors (Lipinski definition) is 4. The zero-order valence-electron chi connectivity index (χ0n) is 12.3. The minimum absolute atomic E-state index is 0.0351. The summed E-state index contributed by atoms with van der Waals surface area (Å²) in [5.74, 6) is -0.577. The molecule has 1 aromatic heterocycles. The minimum Gasteiger partial charge on any atom is -0.336 e. The first-order valence-corrected chi connectivity index (χ1v) is 8.13. The molecule has 1 saturated heterocycles. The maximum absolute atomic E-state index is 13.1. The van der Waals surface area contributed by atoms with Crippen molar-refractivity contribution in [2.24, 2.45) is 0 Å². The number of carbonyl (C=O) groups is 2. The summed E-state index contributed by atoms with van der Waals surface area (Å²) >= 11 is 1.55. The topological polar surface area (TPSA) is 61.4 Å². The van der Waals surface area contributed by atoms with Crippen molar-refractivity contribution in [2.75, 3.05) is 19.6 Å². The van der Waals surface area contributed by atoms with Gasteiger partial charge in [-0.05, 0) is 29.1 Å². The van der Waals surface area contributed by atoms with Gasteiger partial charge in [0.1, 0.15) is 5.82 Å². The third kappa shape index (κ3) is 3.57. The first-order valence-electron chi connectivity index (χ1n) is 7.25. The predicted molar refractivity (Wildman–Crippen MR) is 85.7 cm³/mol. The monoisotopic (exact) mass is 333 g/mol. The van der Waals surface area contributed by atoms with E-state index >= 15 is 0 Å². The Kier molecular flexibility index (Phi) is 4.68. The third-order valence-corrected chi connectivity index (χ3v) is 4.58. The van der Waals surface area contributed by atoms with Gasteiger partial charge in [0.2, 0.25) is 5.91 Å². The van der Waals surface area contributed by atoms with E-state index in [9.17, 15) is 14.0 Å². The van der Waals surface area contributed by atoms with Gasteiger partial charge in [-0.15, -0.1) is 11.3 Å². The van der Waals surface area contributed by atoms with Gasteiger partial charge < -0.3 is 5.32 Å². The van der Waals surface area contributed by atoms with Crippen LogP contribution in [0.25, 0.3) is 0 Å². The summed E-state index contributed by atoms with van der Waals surface area (Å²) in [6.07, 6.45) is 0. The van der Waals surface area contributed by atoms with Gasteiger partial charge in [-0.2, -0.15) is 0 Å². The molecule has 1 aromatic carbocycles. The SMILES string of the molecule is O=C(CN[C@@H](c1ccc(F)cc1)c1cccs1)N1CCNC1=O. The molecule has 0 bridgehead atoms. The van der Waals surface area contributed by atoms with Crippen LogP contribution in [0.4, 0.5) is 9.18 Å². The van der Waals surface area contributed by atoms with Crippen molar-refractivity contribution < 1.29 is 14.0 Å². The number of nitrogens with one attached hydrogen (secondary N) is 2. The van der Waals surface area contributed by atoms with E-state index in [1.165, 1.54) is 17.0 Å². The molecule has 3 rings (SSSR count). The maximum atomic E-state index is 13.1. The van der Waals surface area contributed by atoms with Gasteiger partial charge in [-0.25, -0.2) is 9.18 Å². The average molecular weight is 333 g/mol. The summed E-state index contributed by atoms with van der Waals surface area (Å²) in [5.41, 5.74) is 0.868. The second kappa shape index (κ2) is 6.89. The Balaban J connectivity index is 1.73. The molecule has 0 radical (unpaired) electrons. The zero-order valence-corrected chi connectivity index (χ0v) is 13.1. The highest BCUT2D eigenvalue weighted by Crippen LogP contribution is 2.26. The molecule has 1 atom stereocenters. The van der Waals surface area contributed by atoms with Crippen molar-refractivity contribution >= 4 is 23.3 Å². The van der Waals surface area contributed by atoms with E-state index in [0.29, 0.717) is 13.1 Å². The molecule has 0 saturated carbocycles. The number of urea groups is 1. The minimum atomic E-state index is -0.355. The lowest BCUT2D eigenvalue weighted by Gasteiger charge is -2.19. The first kappa shape index (κ1) is 15.6. The van der Waals surface area contributed by atoms with Crippen LogP contribution in [-0.4, -0.2) is 36.5 Å². The molecule has 0 spiro atoms. The van der Waals surface area contributed by atoms with Crippen LogP contribution in [0.5, 0.6) is 0 Å². The Morgan fingerprint density at radius 2 is 2.13 bits per heavy atom. The van der Waals surface area contributed by atoms with Gasteiger partial charge in [-0.3, -0.25) is 15.0 Å². The smallest absolute Gasteiger partial charge is 0.324 e. The van der Waals surface area contributed by atoms with Crippen LogP contribution >= 0.6 is 11.3 Å². The van der Waals surface area contributed by atoms with E-state index in [0.717, 1.165) is 10.4 Å². The van der Waals surface area contributed by atoms with E-state index in [1.807, 2.05) is 17.5 Å². The Hall–Kier alpha value is -2.25. The molecule has 2 N–H and O–H groups in total. The quantitative estimate of drug-likeness (QED) is 0.881. The number of imide groups is 1. The Bertz CT molecular complexity index is 688. The van der Waals surface area contributed by atoms with Crippen LogP contribution in [0.2, 0.25) is 0 Å². The number of halogens is 1. The van der Waals surface area contributed by atoms with Crippen molar-refractivity contribution in [3.05, 3.63) is 58.0 Å². The fourth-order valence-corrected chi connectivity index (χ4v) is 3.31. The van der Waals surface area contributed by atoms with E-state index in [2.05, 4.69) is 10.6 Å².